The molecule has 1 aromatic carbocycles. The second kappa shape index (κ2) is 9.08. The zero-order valence-corrected chi connectivity index (χ0v) is 12.0. The molecule has 0 unspecified atom stereocenters. The average Bonchev–Trinajstić information content (AvgIpc) is 2.44. The second-order valence-electron chi connectivity index (χ2n) is 5.14. The van der Waals surface area contributed by atoms with E-state index in [1.807, 2.05) is 37.3 Å². The van der Waals surface area contributed by atoms with Gasteiger partial charge in [0.1, 0.15) is 0 Å². The molecular formula is C16H26O3. The minimum Gasteiger partial charge on any atom is -0.393 e. The maximum Gasteiger partial charge on any atom is 0.0823 e. The van der Waals surface area contributed by atoms with Gasteiger partial charge in [-0.15, -0.1) is 0 Å². The third kappa shape index (κ3) is 6.19. The first-order valence-corrected chi connectivity index (χ1v) is 7.13. The molecule has 108 valence electrons. The first-order valence-electron chi connectivity index (χ1n) is 7.13. The molecule has 1 aromatic rings. The van der Waals surface area contributed by atoms with Crippen molar-refractivity contribution >= 4 is 0 Å². The molecule has 0 heterocycles. The van der Waals surface area contributed by atoms with Crippen LogP contribution in [0.4, 0.5) is 0 Å². The summed E-state index contributed by atoms with van der Waals surface area (Å²) in [6.45, 7) is 4.72. The largest absolute Gasteiger partial charge is 0.393 e. The van der Waals surface area contributed by atoms with Crippen LogP contribution in [0.3, 0.4) is 0 Å². The molecule has 3 nitrogen and oxygen atoms in total. The lowest BCUT2D eigenvalue weighted by atomic mass is 9.94. The van der Waals surface area contributed by atoms with Gasteiger partial charge in [0.2, 0.25) is 0 Å². The highest BCUT2D eigenvalue weighted by Crippen LogP contribution is 2.15. The van der Waals surface area contributed by atoms with Crippen LogP contribution in [0.1, 0.15) is 38.7 Å². The van der Waals surface area contributed by atoms with Crippen LogP contribution >= 0.6 is 0 Å². The van der Waals surface area contributed by atoms with Crippen molar-refractivity contribution in [3.63, 3.8) is 0 Å². The molecule has 0 aliphatic carbocycles. The van der Waals surface area contributed by atoms with Crippen LogP contribution in [0.15, 0.2) is 30.3 Å². The second-order valence-corrected chi connectivity index (χ2v) is 5.14. The van der Waals surface area contributed by atoms with Crippen LogP contribution < -0.4 is 0 Å². The molecule has 3 atom stereocenters. The van der Waals surface area contributed by atoms with Gasteiger partial charge in [-0.1, -0.05) is 57.0 Å². The Morgan fingerprint density at radius 1 is 1.11 bits per heavy atom. The summed E-state index contributed by atoms with van der Waals surface area (Å²) >= 11 is 0. The van der Waals surface area contributed by atoms with E-state index in [1.54, 1.807) is 0 Å². The molecule has 0 fully saturated rings. The summed E-state index contributed by atoms with van der Waals surface area (Å²) in [5.74, 6) is -0.151. The van der Waals surface area contributed by atoms with Crippen molar-refractivity contribution in [2.24, 2.45) is 5.92 Å². The van der Waals surface area contributed by atoms with Gasteiger partial charge >= 0.3 is 0 Å². The van der Waals surface area contributed by atoms with Gasteiger partial charge < -0.3 is 14.9 Å². The number of ether oxygens (including phenoxy) is 1. The molecule has 3 heteroatoms. The minimum absolute atomic E-state index is 0.151. The maximum absolute atomic E-state index is 9.98. The van der Waals surface area contributed by atoms with Crippen molar-refractivity contribution in [2.45, 2.75) is 51.9 Å². The summed E-state index contributed by atoms with van der Waals surface area (Å²) in [5, 5.41) is 19.9. The molecule has 0 aromatic heterocycles. The molecule has 0 spiro atoms. The van der Waals surface area contributed by atoms with Crippen molar-refractivity contribution in [1.82, 2.24) is 0 Å². The quantitative estimate of drug-likeness (QED) is 0.722. The zero-order chi connectivity index (χ0) is 14.1. The smallest absolute Gasteiger partial charge is 0.0823 e. The fourth-order valence-corrected chi connectivity index (χ4v) is 1.96. The Labute approximate surface area is 116 Å². The maximum atomic E-state index is 9.98. The van der Waals surface area contributed by atoms with Gasteiger partial charge in [0, 0.05) is 5.92 Å². The molecule has 0 bridgehead atoms. The van der Waals surface area contributed by atoms with Gasteiger partial charge in [0.05, 0.1) is 25.4 Å². The lowest BCUT2D eigenvalue weighted by Gasteiger charge is -2.24. The Hall–Kier alpha value is -0.900. The highest BCUT2D eigenvalue weighted by atomic mass is 16.5. The van der Waals surface area contributed by atoms with E-state index >= 15 is 0 Å². The Balaban J connectivity index is 2.24. The van der Waals surface area contributed by atoms with Gasteiger partial charge in [-0.05, 0) is 12.0 Å². The van der Waals surface area contributed by atoms with E-state index in [-0.39, 0.29) is 12.5 Å². The van der Waals surface area contributed by atoms with Gasteiger partial charge in [-0.3, -0.25) is 0 Å². The zero-order valence-electron chi connectivity index (χ0n) is 12.0. The number of aliphatic hydroxyl groups excluding tert-OH is 2. The average molecular weight is 266 g/mol. The van der Waals surface area contributed by atoms with Crippen molar-refractivity contribution < 1.29 is 14.9 Å². The first-order chi connectivity index (χ1) is 9.15. The summed E-state index contributed by atoms with van der Waals surface area (Å²) in [6, 6.07) is 9.88. The number of benzene rings is 1. The Kier molecular flexibility index (Phi) is 7.72. The van der Waals surface area contributed by atoms with Crippen LogP contribution in [-0.4, -0.2) is 29.0 Å². The molecule has 1 rings (SSSR count). The highest BCUT2D eigenvalue weighted by Gasteiger charge is 2.22. The number of rotatable bonds is 9. The predicted octanol–water partition coefficient (Wildman–Crippen LogP) is 2.75. The first kappa shape index (κ1) is 16.2. The Morgan fingerprint density at radius 3 is 2.42 bits per heavy atom. The predicted molar refractivity (Wildman–Crippen MR) is 76.8 cm³/mol. The van der Waals surface area contributed by atoms with Crippen molar-refractivity contribution in [1.29, 1.82) is 0 Å². The molecule has 0 saturated carbocycles. The van der Waals surface area contributed by atoms with Crippen LogP contribution in [0.2, 0.25) is 0 Å². The Bertz CT molecular complexity index is 326. The van der Waals surface area contributed by atoms with Gasteiger partial charge in [-0.25, -0.2) is 0 Å². The third-order valence-corrected chi connectivity index (χ3v) is 3.47. The summed E-state index contributed by atoms with van der Waals surface area (Å²) in [6.07, 6.45) is 1.73. The topological polar surface area (TPSA) is 49.7 Å². The van der Waals surface area contributed by atoms with Crippen LogP contribution in [0.25, 0.3) is 0 Å². The van der Waals surface area contributed by atoms with Gasteiger partial charge in [-0.2, -0.15) is 0 Å². The van der Waals surface area contributed by atoms with E-state index in [9.17, 15) is 10.2 Å². The van der Waals surface area contributed by atoms with E-state index < -0.39 is 12.2 Å². The monoisotopic (exact) mass is 266 g/mol. The fraction of sp³-hybridized carbons (Fsp3) is 0.625. The molecular weight excluding hydrogens is 240 g/mol. The SMILES string of the molecule is CCCC[C@H](O)[C@@H](C)[C@@H](O)COCc1ccccc1. The van der Waals surface area contributed by atoms with E-state index in [1.165, 1.54) is 0 Å². The number of hydrogen-bond donors (Lipinski definition) is 2. The van der Waals surface area contributed by atoms with Crippen molar-refractivity contribution in [2.75, 3.05) is 6.61 Å². The molecule has 0 amide bonds. The summed E-state index contributed by atoms with van der Waals surface area (Å²) in [7, 11) is 0. The van der Waals surface area contributed by atoms with E-state index in [2.05, 4.69) is 6.92 Å². The number of hydrogen-bond acceptors (Lipinski definition) is 3. The summed E-state index contributed by atoms with van der Waals surface area (Å²) in [5.41, 5.74) is 1.09. The number of aliphatic hydroxyl groups is 2. The van der Waals surface area contributed by atoms with Crippen LogP contribution in [0, 0.1) is 5.92 Å². The number of unbranched alkanes of at least 4 members (excludes halogenated alkanes) is 1. The Morgan fingerprint density at radius 2 is 1.79 bits per heavy atom. The normalized spacial score (nSPS) is 16.0. The molecule has 0 aliphatic rings. The molecule has 0 radical (unpaired) electrons. The minimum atomic E-state index is -0.615. The third-order valence-electron chi connectivity index (χ3n) is 3.47. The molecule has 2 N–H and O–H groups in total. The molecule has 0 aliphatic heterocycles. The molecule has 0 saturated heterocycles. The summed E-state index contributed by atoms with van der Waals surface area (Å²) < 4.78 is 5.50. The lowest BCUT2D eigenvalue weighted by Crippen LogP contribution is -2.32. The van der Waals surface area contributed by atoms with E-state index in [0.29, 0.717) is 6.61 Å². The molecule has 19 heavy (non-hydrogen) atoms. The van der Waals surface area contributed by atoms with Crippen molar-refractivity contribution in [3.8, 4) is 0 Å². The van der Waals surface area contributed by atoms with Crippen LogP contribution in [0.5, 0.6) is 0 Å². The fourth-order valence-electron chi connectivity index (χ4n) is 1.96. The lowest BCUT2D eigenvalue weighted by molar-refractivity contribution is -0.0376. The highest BCUT2D eigenvalue weighted by molar-refractivity contribution is 5.13. The van der Waals surface area contributed by atoms with Crippen LogP contribution in [-0.2, 0) is 11.3 Å². The van der Waals surface area contributed by atoms with E-state index in [4.69, 9.17) is 4.74 Å². The van der Waals surface area contributed by atoms with Crippen molar-refractivity contribution in [3.05, 3.63) is 35.9 Å². The standard InChI is InChI=1S/C16H26O3/c1-3-4-10-15(17)13(2)16(18)12-19-11-14-8-6-5-7-9-14/h5-9,13,15-18H,3-4,10-12H2,1-2H3/t13-,15+,16+/m1/s1. The summed E-state index contributed by atoms with van der Waals surface area (Å²) in [4.78, 5) is 0. The van der Waals surface area contributed by atoms with Gasteiger partial charge in [0.15, 0.2) is 0 Å². The van der Waals surface area contributed by atoms with E-state index in [0.717, 1.165) is 24.8 Å². The van der Waals surface area contributed by atoms with Gasteiger partial charge in [0.25, 0.3) is 0 Å².